The van der Waals surface area contributed by atoms with Crippen LogP contribution < -0.4 is 0 Å². The molecule has 0 unspecified atom stereocenters. The molecule has 10 rings (SSSR count). The monoisotopic (exact) mass is 586 g/mol. The third-order valence-corrected chi connectivity index (χ3v) is 9.47. The van der Waals surface area contributed by atoms with Gasteiger partial charge in [-0.1, -0.05) is 127 Å². The average Bonchev–Trinajstić information content (AvgIpc) is 3.66. The first-order valence-corrected chi connectivity index (χ1v) is 15.7. The Morgan fingerprint density at radius 1 is 0.239 bits per heavy atom. The number of hydrogen-bond donors (Lipinski definition) is 0. The van der Waals surface area contributed by atoms with Crippen LogP contribution in [-0.2, 0) is 0 Å². The zero-order chi connectivity index (χ0) is 30.2. The molecular formula is C44H26O2. The molecule has 2 heterocycles. The standard InChI is InChI=1S/C44H26O2/c1-2-10-28(11-3-1)43-33-13-4-6-15-35(33)44(36-16-7-5-14-34(36)43)29-20-18-27(19-21-29)30-22-23-32-38-26-41-37(25-42(38)46-40(32)24-30)31-12-8-9-17-39(31)45-41/h1-26H. The lowest BCUT2D eigenvalue weighted by molar-refractivity contribution is 0.664. The first-order chi connectivity index (χ1) is 22.8. The van der Waals surface area contributed by atoms with Crippen LogP contribution in [-0.4, -0.2) is 0 Å². The molecule has 0 aliphatic carbocycles. The van der Waals surface area contributed by atoms with Crippen LogP contribution in [0.5, 0.6) is 0 Å². The van der Waals surface area contributed by atoms with E-state index in [4.69, 9.17) is 8.83 Å². The second-order valence-corrected chi connectivity index (χ2v) is 12.0. The van der Waals surface area contributed by atoms with Gasteiger partial charge in [-0.3, -0.25) is 0 Å². The van der Waals surface area contributed by atoms with Gasteiger partial charge in [-0.05, 0) is 85.3 Å². The van der Waals surface area contributed by atoms with Gasteiger partial charge in [-0.25, -0.2) is 0 Å². The van der Waals surface area contributed by atoms with Crippen molar-refractivity contribution in [2.24, 2.45) is 0 Å². The fraction of sp³-hybridized carbons (Fsp3) is 0. The van der Waals surface area contributed by atoms with E-state index in [1.165, 1.54) is 43.8 Å². The summed E-state index contributed by atoms with van der Waals surface area (Å²) >= 11 is 0. The average molecular weight is 587 g/mol. The summed E-state index contributed by atoms with van der Waals surface area (Å²) < 4.78 is 12.6. The van der Waals surface area contributed by atoms with E-state index in [-0.39, 0.29) is 0 Å². The quantitative estimate of drug-likeness (QED) is 0.193. The minimum atomic E-state index is 0.874. The summed E-state index contributed by atoms with van der Waals surface area (Å²) in [4.78, 5) is 0. The van der Waals surface area contributed by atoms with Crippen molar-refractivity contribution < 1.29 is 8.83 Å². The van der Waals surface area contributed by atoms with Gasteiger partial charge in [0.15, 0.2) is 0 Å². The van der Waals surface area contributed by atoms with E-state index in [0.717, 1.165) is 55.0 Å². The molecule has 0 saturated heterocycles. The van der Waals surface area contributed by atoms with E-state index < -0.39 is 0 Å². The van der Waals surface area contributed by atoms with Crippen LogP contribution in [0.1, 0.15) is 0 Å². The molecule has 2 nitrogen and oxygen atoms in total. The molecule has 0 amide bonds. The lowest BCUT2D eigenvalue weighted by Crippen LogP contribution is -1.90. The number of fused-ring (bicyclic) bond motifs is 8. The van der Waals surface area contributed by atoms with Gasteiger partial charge in [0, 0.05) is 21.5 Å². The zero-order valence-corrected chi connectivity index (χ0v) is 24.8. The predicted octanol–water partition coefficient (Wildman–Crippen LogP) is 12.8. The van der Waals surface area contributed by atoms with Crippen molar-refractivity contribution in [2.75, 3.05) is 0 Å². The Balaban J connectivity index is 1.10. The molecule has 8 aromatic carbocycles. The fourth-order valence-electron chi connectivity index (χ4n) is 7.36. The van der Waals surface area contributed by atoms with Gasteiger partial charge in [-0.15, -0.1) is 0 Å². The van der Waals surface area contributed by atoms with Crippen LogP contribution in [0.3, 0.4) is 0 Å². The maximum atomic E-state index is 6.44. The molecule has 10 aromatic rings. The molecule has 2 aromatic heterocycles. The SMILES string of the molecule is c1ccc(-c2c3ccccc3c(-c3ccc(-c4ccc5c(c4)oc4cc6c(cc45)oc4ccccc46)cc3)c3ccccc23)cc1. The predicted molar refractivity (Wildman–Crippen MR) is 192 cm³/mol. The van der Waals surface area contributed by atoms with Crippen molar-refractivity contribution >= 4 is 65.4 Å². The van der Waals surface area contributed by atoms with Crippen molar-refractivity contribution in [3.63, 3.8) is 0 Å². The smallest absolute Gasteiger partial charge is 0.136 e. The van der Waals surface area contributed by atoms with Gasteiger partial charge in [0.1, 0.15) is 22.3 Å². The number of hydrogen-bond acceptors (Lipinski definition) is 2. The highest BCUT2D eigenvalue weighted by atomic mass is 16.3. The summed E-state index contributed by atoms with van der Waals surface area (Å²) in [6, 6.07) is 56.2. The molecule has 0 spiro atoms. The molecule has 46 heavy (non-hydrogen) atoms. The zero-order valence-electron chi connectivity index (χ0n) is 24.8. The van der Waals surface area contributed by atoms with Crippen molar-refractivity contribution in [1.82, 2.24) is 0 Å². The summed E-state index contributed by atoms with van der Waals surface area (Å²) in [5, 5.41) is 9.40. The van der Waals surface area contributed by atoms with Crippen molar-refractivity contribution in [3.05, 3.63) is 158 Å². The van der Waals surface area contributed by atoms with Gasteiger partial charge in [0.25, 0.3) is 0 Å². The molecule has 0 N–H and O–H groups in total. The highest BCUT2D eigenvalue weighted by Crippen LogP contribution is 2.44. The number of furan rings is 2. The van der Waals surface area contributed by atoms with Crippen molar-refractivity contribution in [3.8, 4) is 33.4 Å². The minimum absolute atomic E-state index is 0.874. The Labute approximate surface area is 264 Å². The highest BCUT2D eigenvalue weighted by molar-refractivity contribution is 6.21. The van der Waals surface area contributed by atoms with E-state index in [9.17, 15) is 0 Å². The maximum absolute atomic E-state index is 6.44. The second kappa shape index (κ2) is 9.69. The first kappa shape index (κ1) is 25.2. The first-order valence-electron chi connectivity index (χ1n) is 15.7. The van der Waals surface area contributed by atoms with Gasteiger partial charge in [0.2, 0.25) is 0 Å². The van der Waals surface area contributed by atoms with Crippen LogP contribution in [0.4, 0.5) is 0 Å². The fourth-order valence-corrected chi connectivity index (χ4v) is 7.36. The van der Waals surface area contributed by atoms with E-state index in [1.807, 2.05) is 18.2 Å². The van der Waals surface area contributed by atoms with Gasteiger partial charge in [0.05, 0.1) is 0 Å². The summed E-state index contributed by atoms with van der Waals surface area (Å²) in [5.41, 5.74) is 10.8. The lowest BCUT2D eigenvalue weighted by Gasteiger charge is -2.18. The van der Waals surface area contributed by atoms with Crippen LogP contribution in [0, 0.1) is 0 Å². The molecule has 0 radical (unpaired) electrons. The normalized spacial score (nSPS) is 11.9. The Morgan fingerprint density at radius 3 is 1.26 bits per heavy atom. The highest BCUT2D eigenvalue weighted by Gasteiger charge is 2.17. The lowest BCUT2D eigenvalue weighted by atomic mass is 9.86. The van der Waals surface area contributed by atoms with Gasteiger partial charge < -0.3 is 8.83 Å². The summed E-state index contributed by atoms with van der Waals surface area (Å²) in [5.74, 6) is 0. The number of para-hydroxylation sites is 1. The number of benzene rings is 8. The van der Waals surface area contributed by atoms with Gasteiger partial charge >= 0.3 is 0 Å². The summed E-state index contributed by atoms with van der Waals surface area (Å²) in [6.07, 6.45) is 0. The molecular weight excluding hydrogens is 560 g/mol. The summed E-state index contributed by atoms with van der Waals surface area (Å²) in [7, 11) is 0. The van der Waals surface area contributed by atoms with E-state index in [2.05, 4.69) is 140 Å². The molecule has 0 saturated carbocycles. The molecule has 214 valence electrons. The Morgan fingerprint density at radius 2 is 0.652 bits per heavy atom. The second-order valence-electron chi connectivity index (χ2n) is 12.0. The molecule has 0 aliphatic heterocycles. The van der Waals surface area contributed by atoms with Crippen LogP contribution in [0.15, 0.2) is 167 Å². The molecule has 0 atom stereocenters. The molecule has 2 heteroatoms. The Hall–Kier alpha value is -6.12. The maximum Gasteiger partial charge on any atom is 0.136 e. The van der Waals surface area contributed by atoms with Crippen LogP contribution in [0.2, 0.25) is 0 Å². The molecule has 0 bridgehead atoms. The summed E-state index contributed by atoms with van der Waals surface area (Å²) in [6.45, 7) is 0. The third-order valence-electron chi connectivity index (χ3n) is 9.47. The van der Waals surface area contributed by atoms with E-state index in [0.29, 0.717) is 0 Å². The Kier molecular flexibility index (Phi) is 5.31. The van der Waals surface area contributed by atoms with Crippen LogP contribution >= 0.6 is 0 Å². The van der Waals surface area contributed by atoms with Crippen molar-refractivity contribution in [1.29, 1.82) is 0 Å². The molecule has 0 aliphatic rings. The third kappa shape index (κ3) is 3.71. The minimum Gasteiger partial charge on any atom is -0.456 e. The van der Waals surface area contributed by atoms with Crippen LogP contribution in [0.25, 0.3) is 98.8 Å². The van der Waals surface area contributed by atoms with Gasteiger partial charge in [-0.2, -0.15) is 0 Å². The Bertz CT molecular complexity index is 2720. The van der Waals surface area contributed by atoms with E-state index in [1.54, 1.807) is 0 Å². The van der Waals surface area contributed by atoms with E-state index >= 15 is 0 Å². The number of rotatable bonds is 3. The largest absolute Gasteiger partial charge is 0.456 e. The topological polar surface area (TPSA) is 26.3 Å². The van der Waals surface area contributed by atoms with Crippen molar-refractivity contribution in [2.45, 2.75) is 0 Å². The molecule has 0 fully saturated rings.